The Morgan fingerprint density at radius 1 is 1.26 bits per heavy atom. The van der Waals surface area contributed by atoms with Crippen LogP contribution in [0.5, 0.6) is 11.5 Å². The number of thiophene rings is 1. The zero-order valence-electron chi connectivity index (χ0n) is 13.3. The van der Waals surface area contributed by atoms with Crippen molar-refractivity contribution in [2.45, 2.75) is 33.1 Å². The Balaban J connectivity index is 1.82. The molecule has 0 atom stereocenters. The standard InChI is InChI=1S/C17H20N2O3S/c1-3-5-15-10(4-2)6-16(23-15)17(20)19-12-8-14-13(7-11(12)18)21-9-22-14/h6-8H,3-5,9,18H2,1-2H3,(H,19,20). The minimum Gasteiger partial charge on any atom is -0.454 e. The van der Waals surface area contributed by atoms with Crippen LogP contribution in [0.15, 0.2) is 18.2 Å². The zero-order chi connectivity index (χ0) is 16.4. The summed E-state index contributed by atoms with van der Waals surface area (Å²) in [5.41, 5.74) is 8.24. The molecule has 0 radical (unpaired) electrons. The van der Waals surface area contributed by atoms with Crippen molar-refractivity contribution < 1.29 is 14.3 Å². The number of aryl methyl sites for hydroxylation is 2. The molecule has 2 heterocycles. The lowest BCUT2D eigenvalue weighted by molar-refractivity contribution is 0.103. The first-order valence-electron chi connectivity index (χ1n) is 7.74. The summed E-state index contributed by atoms with van der Waals surface area (Å²) in [5, 5.41) is 2.87. The van der Waals surface area contributed by atoms with Crippen LogP contribution in [0.1, 0.15) is 40.4 Å². The highest BCUT2D eigenvalue weighted by Gasteiger charge is 2.19. The number of amides is 1. The van der Waals surface area contributed by atoms with Crippen molar-refractivity contribution in [3.8, 4) is 11.5 Å². The van der Waals surface area contributed by atoms with E-state index in [9.17, 15) is 4.79 Å². The van der Waals surface area contributed by atoms with Gasteiger partial charge in [0.25, 0.3) is 5.91 Å². The maximum Gasteiger partial charge on any atom is 0.265 e. The molecule has 2 aromatic rings. The summed E-state index contributed by atoms with van der Waals surface area (Å²) in [6.07, 6.45) is 3.02. The van der Waals surface area contributed by atoms with E-state index in [0.717, 1.165) is 19.3 Å². The van der Waals surface area contributed by atoms with E-state index in [2.05, 4.69) is 19.2 Å². The number of hydrogen-bond acceptors (Lipinski definition) is 5. The molecule has 6 heteroatoms. The fourth-order valence-electron chi connectivity index (χ4n) is 2.57. The Kier molecular flexibility index (Phi) is 4.43. The normalized spacial score (nSPS) is 12.4. The minimum absolute atomic E-state index is 0.141. The van der Waals surface area contributed by atoms with E-state index < -0.39 is 0 Å². The number of hydrogen-bond donors (Lipinski definition) is 2. The second-order valence-electron chi connectivity index (χ2n) is 5.41. The minimum atomic E-state index is -0.141. The molecular formula is C17H20N2O3S. The number of fused-ring (bicyclic) bond motifs is 1. The van der Waals surface area contributed by atoms with E-state index in [1.807, 2.05) is 6.07 Å². The highest BCUT2D eigenvalue weighted by molar-refractivity contribution is 7.14. The molecule has 0 aliphatic carbocycles. The van der Waals surface area contributed by atoms with E-state index in [-0.39, 0.29) is 12.7 Å². The van der Waals surface area contributed by atoms with Gasteiger partial charge in [0.15, 0.2) is 11.5 Å². The molecule has 1 amide bonds. The number of nitrogen functional groups attached to an aromatic ring is 1. The average molecular weight is 332 g/mol. The van der Waals surface area contributed by atoms with Crippen molar-refractivity contribution >= 4 is 28.6 Å². The largest absolute Gasteiger partial charge is 0.454 e. The van der Waals surface area contributed by atoms with Crippen molar-refractivity contribution in [3.05, 3.63) is 33.5 Å². The smallest absolute Gasteiger partial charge is 0.265 e. The van der Waals surface area contributed by atoms with E-state index in [1.54, 1.807) is 23.5 Å². The van der Waals surface area contributed by atoms with Crippen LogP contribution in [0.2, 0.25) is 0 Å². The number of benzene rings is 1. The summed E-state index contributed by atoms with van der Waals surface area (Å²) in [5.74, 6) is 1.06. The Morgan fingerprint density at radius 3 is 2.70 bits per heavy atom. The van der Waals surface area contributed by atoms with Gasteiger partial charge in [-0.3, -0.25) is 4.79 Å². The third kappa shape index (κ3) is 3.12. The molecule has 122 valence electrons. The summed E-state index contributed by atoms with van der Waals surface area (Å²) in [4.78, 5) is 14.5. The lowest BCUT2D eigenvalue weighted by atomic mass is 10.1. The van der Waals surface area contributed by atoms with Crippen LogP contribution in [0.4, 0.5) is 11.4 Å². The van der Waals surface area contributed by atoms with Gasteiger partial charge in [0, 0.05) is 17.0 Å². The maximum absolute atomic E-state index is 12.5. The lowest BCUT2D eigenvalue weighted by Crippen LogP contribution is -2.11. The van der Waals surface area contributed by atoms with Crippen molar-refractivity contribution in [2.24, 2.45) is 0 Å². The first-order valence-corrected chi connectivity index (χ1v) is 8.56. The van der Waals surface area contributed by atoms with E-state index >= 15 is 0 Å². The van der Waals surface area contributed by atoms with Gasteiger partial charge >= 0.3 is 0 Å². The molecule has 1 aliphatic heterocycles. The molecular weight excluding hydrogens is 312 g/mol. The van der Waals surface area contributed by atoms with Crippen LogP contribution in [-0.4, -0.2) is 12.7 Å². The van der Waals surface area contributed by atoms with Crippen LogP contribution in [-0.2, 0) is 12.8 Å². The topological polar surface area (TPSA) is 73.6 Å². The second kappa shape index (κ2) is 6.50. The van der Waals surface area contributed by atoms with Crippen LogP contribution in [0, 0.1) is 0 Å². The van der Waals surface area contributed by atoms with Gasteiger partial charge in [-0.25, -0.2) is 0 Å². The summed E-state index contributed by atoms with van der Waals surface area (Å²) in [7, 11) is 0. The predicted molar refractivity (Wildman–Crippen MR) is 92.6 cm³/mol. The molecule has 0 fully saturated rings. The summed E-state index contributed by atoms with van der Waals surface area (Å²) in [6, 6.07) is 5.36. The molecule has 23 heavy (non-hydrogen) atoms. The lowest BCUT2D eigenvalue weighted by Gasteiger charge is -2.08. The Labute approximate surface area is 139 Å². The highest BCUT2D eigenvalue weighted by atomic mass is 32.1. The Bertz CT molecular complexity index is 740. The molecule has 1 aromatic carbocycles. The first kappa shape index (κ1) is 15.7. The molecule has 5 nitrogen and oxygen atoms in total. The number of ether oxygens (including phenoxy) is 2. The van der Waals surface area contributed by atoms with Crippen molar-refractivity contribution in [2.75, 3.05) is 17.8 Å². The van der Waals surface area contributed by atoms with Gasteiger partial charge in [-0.1, -0.05) is 20.3 Å². The van der Waals surface area contributed by atoms with Gasteiger partial charge in [0.1, 0.15) is 0 Å². The van der Waals surface area contributed by atoms with Crippen molar-refractivity contribution in [3.63, 3.8) is 0 Å². The van der Waals surface area contributed by atoms with Gasteiger partial charge in [0.2, 0.25) is 6.79 Å². The highest BCUT2D eigenvalue weighted by Crippen LogP contribution is 2.38. The SMILES string of the molecule is CCCc1sc(C(=O)Nc2cc3c(cc2N)OCO3)cc1CC. The first-order chi connectivity index (χ1) is 11.1. The fourth-order valence-corrected chi connectivity index (χ4v) is 3.82. The molecule has 1 aliphatic rings. The number of rotatable bonds is 5. The number of nitrogens with one attached hydrogen (secondary N) is 1. The summed E-state index contributed by atoms with van der Waals surface area (Å²) in [6.45, 7) is 4.43. The third-order valence-electron chi connectivity index (χ3n) is 3.77. The van der Waals surface area contributed by atoms with Gasteiger partial charge in [0.05, 0.1) is 16.3 Å². The van der Waals surface area contributed by atoms with E-state index in [0.29, 0.717) is 27.8 Å². The van der Waals surface area contributed by atoms with Crippen molar-refractivity contribution in [1.82, 2.24) is 0 Å². The molecule has 0 bridgehead atoms. The molecule has 0 unspecified atom stereocenters. The number of anilines is 2. The Hall–Kier alpha value is -2.21. The predicted octanol–water partition coefficient (Wildman–Crippen LogP) is 3.83. The van der Waals surface area contributed by atoms with Crippen LogP contribution < -0.4 is 20.5 Å². The maximum atomic E-state index is 12.5. The summed E-state index contributed by atoms with van der Waals surface area (Å²) >= 11 is 1.56. The molecule has 3 rings (SSSR count). The Morgan fingerprint density at radius 2 is 2.00 bits per heavy atom. The molecule has 3 N–H and O–H groups in total. The quantitative estimate of drug-likeness (QED) is 0.816. The number of carbonyl (C=O) groups is 1. The van der Waals surface area contributed by atoms with Gasteiger partial charge in [-0.05, 0) is 24.5 Å². The van der Waals surface area contributed by atoms with Gasteiger partial charge in [-0.15, -0.1) is 11.3 Å². The molecule has 1 aromatic heterocycles. The van der Waals surface area contributed by atoms with Crippen molar-refractivity contribution in [1.29, 1.82) is 0 Å². The average Bonchev–Trinajstić information content (AvgIpc) is 3.14. The summed E-state index contributed by atoms with van der Waals surface area (Å²) < 4.78 is 10.6. The molecule has 0 spiro atoms. The van der Waals surface area contributed by atoms with E-state index in [4.69, 9.17) is 15.2 Å². The monoisotopic (exact) mass is 332 g/mol. The second-order valence-corrected chi connectivity index (χ2v) is 6.55. The number of nitrogens with two attached hydrogens (primary N) is 1. The third-order valence-corrected chi connectivity index (χ3v) is 5.01. The van der Waals surface area contributed by atoms with E-state index in [1.165, 1.54) is 10.4 Å². The number of carbonyl (C=O) groups excluding carboxylic acids is 1. The van der Waals surface area contributed by atoms with Crippen LogP contribution in [0.3, 0.4) is 0 Å². The van der Waals surface area contributed by atoms with Gasteiger partial charge in [-0.2, -0.15) is 0 Å². The molecule has 0 saturated heterocycles. The van der Waals surface area contributed by atoms with Gasteiger partial charge < -0.3 is 20.5 Å². The van der Waals surface area contributed by atoms with Crippen LogP contribution in [0.25, 0.3) is 0 Å². The zero-order valence-corrected chi connectivity index (χ0v) is 14.1. The molecule has 0 saturated carbocycles. The van der Waals surface area contributed by atoms with Crippen LogP contribution >= 0.6 is 11.3 Å². The fraction of sp³-hybridized carbons (Fsp3) is 0.353.